The van der Waals surface area contributed by atoms with Gasteiger partial charge in [0.25, 0.3) is 0 Å². The van der Waals surface area contributed by atoms with Crippen molar-refractivity contribution < 1.29 is 15.2 Å². The third-order valence-electron chi connectivity index (χ3n) is 5.98. The van der Waals surface area contributed by atoms with E-state index in [2.05, 4.69) is 33.0 Å². The molecule has 26 heavy (non-hydrogen) atoms. The zero-order valence-electron chi connectivity index (χ0n) is 18.7. The fourth-order valence-corrected chi connectivity index (χ4v) is 4.82. The first kappa shape index (κ1) is 23.8. The van der Waals surface area contributed by atoms with E-state index in [1.54, 1.807) is 7.11 Å². The molecule has 2 fully saturated rings. The Morgan fingerprint density at radius 2 is 1.04 bits per heavy atom. The Labute approximate surface area is 160 Å². The first-order chi connectivity index (χ1) is 11.6. The van der Waals surface area contributed by atoms with Crippen LogP contribution in [0.4, 0.5) is 0 Å². The Kier molecular flexibility index (Phi) is 7.34. The minimum absolute atomic E-state index is 0.130. The van der Waals surface area contributed by atoms with Crippen LogP contribution in [0.15, 0.2) is 0 Å². The molecular formula is C20H43N3O3. The van der Waals surface area contributed by atoms with E-state index in [9.17, 15) is 10.4 Å². The predicted molar refractivity (Wildman–Crippen MR) is 106 cm³/mol. The van der Waals surface area contributed by atoms with Crippen LogP contribution in [0.3, 0.4) is 0 Å². The molecule has 6 nitrogen and oxygen atoms in total. The van der Waals surface area contributed by atoms with Gasteiger partial charge in [0.2, 0.25) is 0 Å². The van der Waals surface area contributed by atoms with Crippen LogP contribution < -0.4 is 5.32 Å². The van der Waals surface area contributed by atoms with E-state index in [0.717, 1.165) is 25.7 Å². The van der Waals surface area contributed by atoms with Crippen LogP contribution in [0, 0.1) is 0 Å². The Morgan fingerprint density at radius 1 is 0.731 bits per heavy atom. The van der Waals surface area contributed by atoms with Gasteiger partial charge in [-0.05, 0) is 88.1 Å². The number of hydrogen-bond acceptors (Lipinski definition) is 6. The van der Waals surface area contributed by atoms with Crippen LogP contribution >= 0.6 is 0 Å². The summed E-state index contributed by atoms with van der Waals surface area (Å²) in [5.74, 6) is 0. The van der Waals surface area contributed by atoms with Gasteiger partial charge in [0.15, 0.2) is 0 Å². The van der Waals surface area contributed by atoms with E-state index < -0.39 is 0 Å². The number of ether oxygens (including phenoxy) is 1. The third kappa shape index (κ3) is 5.40. The highest BCUT2D eigenvalue weighted by Gasteiger charge is 2.45. The SMILES string of the molecule is CNC1CC(C)(C)N(O)C(C)(C)C1.COC1CC(C)(C)N(O)C(C)(C)C1. The summed E-state index contributed by atoms with van der Waals surface area (Å²) in [7, 11) is 3.73. The maximum atomic E-state index is 9.98. The number of nitrogens with zero attached hydrogens (tertiary/aromatic N) is 2. The highest BCUT2D eigenvalue weighted by molar-refractivity contribution is 4.98. The molecule has 0 aromatic rings. The van der Waals surface area contributed by atoms with Gasteiger partial charge in [-0.2, -0.15) is 10.1 Å². The largest absolute Gasteiger partial charge is 0.381 e. The summed E-state index contributed by atoms with van der Waals surface area (Å²) in [5, 5.41) is 26.2. The molecule has 2 aliphatic rings. The number of nitrogens with one attached hydrogen (secondary N) is 1. The fraction of sp³-hybridized carbons (Fsp3) is 1.00. The van der Waals surface area contributed by atoms with Crippen LogP contribution in [-0.2, 0) is 4.74 Å². The van der Waals surface area contributed by atoms with Crippen LogP contribution in [-0.4, -0.2) is 69.0 Å². The van der Waals surface area contributed by atoms with Gasteiger partial charge in [-0.25, -0.2) is 0 Å². The Bertz CT molecular complexity index is 385. The zero-order chi connectivity index (χ0) is 20.6. The summed E-state index contributed by atoms with van der Waals surface area (Å²) in [6, 6.07) is 0.508. The van der Waals surface area contributed by atoms with Gasteiger partial charge >= 0.3 is 0 Å². The second-order valence-electron chi connectivity index (χ2n) is 10.5. The molecule has 2 rings (SSSR count). The molecule has 2 saturated heterocycles. The predicted octanol–water partition coefficient (Wildman–Crippen LogP) is 3.66. The normalized spacial score (nSPS) is 29.1. The maximum absolute atomic E-state index is 9.98. The lowest BCUT2D eigenvalue weighted by molar-refractivity contribution is -0.259. The smallest absolute Gasteiger partial charge is 0.0608 e. The monoisotopic (exact) mass is 373 g/mol. The van der Waals surface area contributed by atoms with Gasteiger partial charge in [0.1, 0.15) is 0 Å². The summed E-state index contributed by atoms with van der Waals surface area (Å²) in [6.45, 7) is 16.5. The van der Waals surface area contributed by atoms with Crippen LogP contribution in [0.2, 0.25) is 0 Å². The van der Waals surface area contributed by atoms with E-state index in [-0.39, 0.29) is 28.3 Å². The van der Waals surface area contributed by atoms with Crippen LogP contribution in [0.5, 0.6) is 0 Å². The molecule has 3 N–H and O–H groups in total. The second-order valence-corrected chi connectivity index (χ2v) is 10.5. The molecule has 0 amide bonds. The average Bonchev–Trinajstić information content (AvgIpc) is 2.49. The molecule has 0 aliphatic carbocycles. The van der Waals surface area contributed by atoms with Crippen LogP contribution in [0.1, 0.15) is 81.1 Å². The molecule has 156 valence electrons. The molecule has 0 aromatic heterocycles. The van der Waals surface area contributed by atoms with Crippen molar-refractivity contribution in [2.45, 2.75) is 115 Å². The van der Waals surface area contributed by atoms with Crippen LogP contribution in [0.25, 0.3) is 0 Å². The molecule has 2 heterocycles. The molecule has 0 aromatic carbocycles. The minimum atomic E-state index is -0.192. The van der Waals surface area contributed by atoms with Gasteiger partial charge < -0.3 is 20.5 Å². The van der Waals surface area contributed by atoms with E-state index in [4.69, 9.17) is 4.74 Å². The van der Waals surface area contributed by atoms with Crippen molar-refractivity contribution in [2.24, 2.45) is 0 Å². The van der Waals surface area contributed by atoms with Crippen molar-refractivity contribution in [3.05, 3.63) is 0 Å². The number of rotatable bonds is 2. The summed E-state index contributed by atoms with van der Waals surface area (Å²) in [4.78, 5) is 0. The third-order valence-corrected chi connectivity index (χ3v) is 5.98. The summed E-state index contributed by atoms with van der Waals surface area (Å²) in [5.41, 5.74) is -0.643. The Balaban J connectivity index is 0.000000260. The molecule has 6 heteroatoms. The standard InChI is InChI=1S/C10H22N2O.C10H21NO2/c1-9(2)6-8(11-5)7-10(3,4)12(9)13;1-9(2)6-8(13-5)7-10(3,4)11(9)12/h8,11,13H,6-7H2,1-5H3;8,12H,6-7H2,1-5H3. The lowest BCUT2D eigenvalue weighted by Crippen LogP contribution is -2.62. The molecule has 0 radical (unpaired) electrons. The van der Waals surface area contributed by atoms with Crippen molar-refractivity contribution in [3.63, 3.8) is 0 Å². The first-order valence-corrected chi connectivity index (χ1v) is 9.77. The molecule has 0 bridgehead atoms. The van der Waals surface area contributed by atoms with Gasteiger partial charge in [-0.1, -0.05) is 0 Å². The Morgan fingerprint density at radius 3 is 1.31 bits per heavy atom. The van der Waals surface area contributed by atoms with Crippen molar-refractivity contribution in [1.29, 1.82) is 0 Å². The molecule has 2 aliphatic heterocycles. The van der Waals surface area contributed by atoms with Crippen molar-refractivity contribution in [1.82, 2.24) is 15.4 Å². The fourth-order valence-electron chi connectivity index (χ4n) is 4.82. The molecule has 0 unspecified atom stereocenters. The Hall–Kier alpha value is -0.240. The van der Waals surface area contributed by atoms with E-state index in [1.165, 1.54) is 10.1 Å². The minimum Gasteiger partial charge on any atom is -0.381 e. The van der Waals surface area contributed by atoms with Crippen molar-refractivity contribution in [3.8, 4) is 0 Å². The van der Waals surface area contributed by atoms with Gasteiger partial charge in [-0.3, -0.25) is 0 Å². The zero-order valence-corrected chi connectivity index (χ0v) is 18.7. The molecular weight excluding hydrogens is 330 g/mol. The van der Waals surface area contributed by atoms with Gasteiger partial charge in [-0.15, -0.1) is 0 Å². The summed E-state index contributed by atoms with van der Waals surface area (Å²) >= 11 is 0. The number of methoxy groups -OCH3 is 1. The second kappa shape index (κ2) is 8.02. The van der Waals surface area contributed by atoms with Crippen molar-refractivity contribution in [2.75, 3.05) is 14.2 Å². The van der Waals surface area contributed by atoms with E-state index in [1.807, 2.05) is 34.7 Å². The number of hydrogen-bond donors (Lipinski definition) is 3. The molecule has 0 saturated carbocycles. The summed E-state index contributed by atoms with van der Waals surface area (Å²) < 4.78 is 5.37. The first-order valence-electron chi connectivity index (χ1n) is 9.77. The topological polar surface area (TPSA) is 68.2 Å². The van der Waals surface area contributed by atoms with Crippen molar-refractivity contribution >= 4 is 0 Å². The molecule has 0 atom stereocenters. The average molecular weight is 374 g/mol. The number of hydroxylamine groups is 4. The lowest BCUT2D eigenvalue weighted by Gasteiger charge is -2.51. The van der Waals surface area contributed by atoms with Gasteiger partial charge in [0, 0.05) is 35.3 Å². The highest BCUT2D eigenvalue weighted by Crippen LogP contribution is 2.38. The number of piperidine rings is 2. The quantitative estimate of drug-likeness (QED) is 0.686. The highest BCUT2D eigenvalue weighted by atomic mass is 16.5. The lowest BCUT2D eigenvalue weighted by atomic mass is 9.79. The van der Waals surface area contributed by atoms with E-state index >= 15 is 0 Å². The van der Waals surface area contributed by atoms with Gasteiger partial charge in [0.05, 0.1) is 6.10 Å². The molecule has 0 spiro atoms. The van der Waals surface area contributed by atoms with E-state index in [0.29, 0.717) is 6.04 Å². The maximum Gasteiger partial charge on any atom is 0.0608 e. The summed E-state index contributed by atoms with van der Waals surface area (Å²) in [6.07, 6.45) is 3.99.